The van der Waals surface area contributed by atoms with Crippen molar-refractivity contribution >= 4 is 43.6 Å². The molecule has 3 aromatic heterocycles. The number of likely N-dealkylation sites (N-methyl/N-ethyl adjacent to an activating group) is 1. The van der Waals surface area contributed by atoms with Gasteiger partial charge in [-0.1, -0.05) is 112 Å². The number of benzene rings is 1. The van der Waals surface area contributed by atoms with Gasteiger partial charge in [0.05, 0.1) is 69.5 Å². The van der Waals surface area contributed by atoms with Gasteiger partial charge in [-0.3, -0.25) is 28.6 Å². The number of quaternary nitrogens is 1. The van der Waals surface area contributed by atoms with Crippen LogP contribution in [0.25, 0.3) is 0 Å². The summed E-state index contributed by atoms with van der Waals surface area (Å²) >= 11 is 0. The standard InChI is InChI=1S/C61H95N6O9P/c1-11-16-17-18-19-20-21-22-23-24-25-26-27-30-60(68)73-42-47(43-75-77(70,71)74-36-34-67(8,9)10)76-61(69)31-28-29-35-72-46-32-33-52-57(37-46)63-41-59-45(7)49(13-3)54(66-59)39-56-51(15-5)50(14-4)55(64-56)38-53-48(12-2)44(6)58(65-53)40-62-52/h32-33,37,40-41,47,64H,11-31,34-36,38-39,42-43H2,1-10H3,(H2-,62,63,65,66,70,71)/p+1. The first-order chi connectivity index (χ1) is 37.0. The van der Waals surface area contributed by atoms with Gasteiger partial charge < -0.3 is 38.5 Å². The Labute approximate surface area is 461 Å². The summed E-state index contributed by atoms with van der Waals surface area (Å²) in [5.41, 5.74) is 16.0. The maximum Gasteiger partial charge on any atom is 0.472 e. The first-order valence-corrected chi connectivity index (χ1v) is 30.7. The van der Waals surface area contributed by atoms with Crippen LogP contribution in [-0.4, -0.2) is 109 Å². The Morgan fingerprint density at radius 1 is 0.610 bits per heavy atom. The first-order valence-electron chi connectivity index (χ1n) is 29.2. The Bertz CT molecular complexity index is 2570. The summed E-state index contributed by atoms with van der Waals surface area (Å²) in [6, 6.07) is 5.70. The number of nitrogens with zero attached hydrogens (tertiary/aromatic N) is 3. The normalized spacial score (nSPS) is 13.8. The van der Waals surface area contributed by atoms with E-state index in [1.54, 1.807) is 0 Å². The molecule has 1 aliphatic rings. The maximum atomic E-state index is 13.2. The Balaban J connectivity index is 1.18. The summed E-state index contributed by atoms with van der Waals surface area (Å²) in [7, 11) is 1.34. The molecule has 1 aromatic carbocycles. The molecule has 4 N–H and O–H groups in total. The lowest BCUT2D eigenvalue weighted by Crippen LogP contribution is -2.37. The van der Waals surface area contributed by atoms with Crippen molar-refractivity contribution in [3.63, 3.8) is 0 Å². The third-order valence-electron chi connectivity index (χ3n) is 14.8. The number of nitrogens with one attached hydrogen (secondary N) is 3. The van der Waals surface area contributed by atoms with E-state index in [1.807, 2.05) is 51.8 Å². The van der Waals surface area contributed by atoms with E-state index in [0.29, 0.717) is 54.0 Å². The molecule has 428 valence electrons. The highest BCUT2D eigenvalue weighted by molar-refractivity contribution is 7.47. The van der Waals surface area contributed by atoms with Crippen molar-refractivity contribution < 1.29 is 46.8 Å². The van der Waals surface area contributed by atoms with Gasteiger partial charge in [-0.05, 0) is 104 Å². The maximum absolute atomic E-state index is 13.2. The van der Waals surface area contributed by atoms with Crippen LogP contribution in [0.15, 0.2) is 28.2 Å². The fraction of sp³-hybridized carbons (Fsp3) is 0.639. The summed E-state index contributed by atoms with van der Waals surface area (Å²) < 4.78 is 41.1. The second-order valence-electron chi connectivity index (χ2n) is 21.9. The summed E-state index contributed by atoms with van der Waals surface area (Å²) in [6.45, 7) is 15.5. The molecule has 0 radical (unpaired) electrons. The van der Waals surface area contributed by atoms with Crippen LogP contribution in [0, 0.1) is 13.8 Å². The van der Waals surface area contributed by atoms with Crippen molar-refractivity contribution in [3.05, 3.63) is 85.7 Å². The number of rotatable bonds is 34. The van der Waals surface area contributed by atoms with Gasteiger partial charge in [-0.25, -0.2) is 4.57 Å². The van der Waals surface area contributed by atoms with Crippen LogP contribution in [0.5, 0.6) is 5.75 Å². The van der Waals surface area contributed by atoms with Crippen molar-refractivity contribution in [3.8, 4) is 5.75 Å². The van der Waals surface area contributed by atoms with Crippen molar-refractivity contribution in [1.82, 2.24) is 15.0 Å². The number of phosphoric ester groups is 1. The number of aromatic nitrogens is 3. The lowest BCUT2D eigenvalue weighted by molar-refractivity contribution is -0.870. The predicted molar refractivity (Wildman–Crippen MR) is 311 cm³/mol. The van der Waals surface area contributed by atoms with E-state index in [9.17, 15) is 19.0 Å². The monoisotopic (exact) mass is 1090 g/mol. The first kappa shape index (κ1) is 63.0. The molecule has 0 aliphatic carbocycles. The molecule has 5 rings (SSSR count). The molecule has 15 nitrogen and oxygen atoms in total. The van der Waals surface area contributed by atoms with Crippen LogP contribution in [0.1, 0.15) is 211 Å². The number of fused-ring (bicyclic) bond motifs is 7. The minimum atomic E-state index is -4.47. The predicted octanol–water partition coefficient (Wildman–Crippen LogP) is 13.9. The van der Waals surface area contributed by atoms with Crippen molar-refractivity contribution in [1.29, 1.82) is 0 Å². The number of esters is 2. The molecule has 0 fully saturated rings. The average Bonchev–Trinajstić information content (AvgIpc) is 4.02. The molecule has 2 atom stereocenters. The number of hydrogen-bond acceptors (Lipinski definition) is 10. The van der Waals surface area contributed by atoms with E-state index >= 15 is 0 Å². The number of H-pyrrole nitrogens is 3. The fourth-order valence-electron chi connectivity index (χ4n) is 10.4. The van der Waals surface area contributed by atoms with E-state index in [2.05, 4.69) is 63.4 Å². The lowest BCUT2D eigenvalue weighted by atomic mass is 9.98. The van der Waals surface area contributed by atoms with Gasteiger partial charge in [0.15, 0.2) is 6.10 Å². The zero-order valence-electron chi connectivity index (χ0n) is 48.8. The van der Waals surface area contributed by atoms with E-state index < -0.39 is 32.5 Å². The van der Waals surface area contributed by atoms with Crippen LogP contribution in [0.4, 0.5) is 11.4 Å². The summed E-state index contributed by atoms with van der Waals surface area (Å²) in [5, 5.41) is 0. The Hall–Kier alpha value is -4.79. The van der Waals surface area contributed by atoms with E-state index in [0.717, 1.165) is 69.2 Å². The SMILES string of the molecule is CCCCCCCCCCCCCCCC(=O)OCC(COP(=O)(O)OCC[N+](C)(C)C)OC(=O)CCCCOc1ccc2c(c1)N=Cc1[nH]c(c(CC)c1C)Cc1[nH]c(c(CC)c1CC)Cc1[nH]c(c(C)c1CC)C=N2. The number of carbonyl (C=O) groups is 2. The minimum absolute atomic E-state index is 0.0117. The largest absolute Gasteiger partial charge is 0.494 e. The third-order valence-corrected chi connectivity index (χ3v) is 15.8. The van der Waals surface area contributed by atoms with Gasteiger partial charge >= 0.3 is 19.8 Å². The van der Waals surface area contributed by atoms with Crippen LogP contribution in [0.2, 0.25) is 0 Å². The topological polar surface area (TPSA) is 190 Å². The number of aromatic amines is 3. The van der Waals surface area contributed by atoms with Gasteiger partial charge in [0.1, 0.15) is 25.5 Å². The van der Waals surface area contributed by atoms with Crippen LogP contribution < -0.4 is 4.74 Å². The lowest BCUT2D eigenvalue weighted by Gasteiger charge is -2.24. The van der Waals surface area contributed by atoms with Gasteiger partial charge in [0, 0.05) is 54.5 Å². The number of unbranched alkanes of at least 4 members (excludes halogenated alkanes) is 13. The third kappa shape index (κ3) is 20.8. The molecule has 0 spiro atoms. The van der Waals surface area contributed by atoms with Gasteiger partial charge in [-0.2, -0.15) is 0 Å². The molecule has 77 heavy (non-hydrogen) atoms. The van der Waals surface area contributed by atoms with Crippen LogP contribution >= 0.6 is 7.82 Å². The van der Waals surface area contributed by atoms with Gasteiger partial charge in [0.25, 0.3) is 0 Å². The molecular formula is C61H96N6O9P+. The van der Waals surface area contributed by atoms with E-state index in [1.165, 1.54) is 114 Å². The van der Waals surface area contributed by atoms with Crippen molar-refractivity contribution in [2.75, 3.05) is 54.1 Å². The second-order valence-corrected chi connectivity index (χ2v) is 23.4. The van der Waals surface area contributed by atoms with Crippen LogP contribution in [-0.2, 0) is 71.2 Å². The second kappa shape index (κ2) is 32.3. The molecule has 2 unspecified atom stereocenters. The molecule has 16 heteroatoms. The van der Waals surface area contributed by atoms with E-state index in [4.69, 9.17) is 33.2 Å². The minimum Gasteiger partial charge on any atom is -0.494 e. The average molecular weight is 1090 g/mol. The summed E-state index contributed by atoms with van der Waals surface area (Å²) in [6.07, 6.45) is 24.9. The highest BCUT2D eigenvalue weighted by atomic mass is 31.2. The Morgan fingerprint density at radius 2 is 1.10 bits per heavy atom. The zero-order chi connectivity index (χ0) is 55.8. The Kier molecular flexibility index (Phi) is 26.5. The number of carbonyl (C=O) groups excluding carboxylic acids is 2. The highest BCUT2D eigenvalue weighted by Gasteiger charge is 2.28. The molecule has 4 aromatic rings. The summed E-state index contributed by atoms with van der Waals surface area (Å²) in [4.78, 5) is 57.8. The number of hydrogen-bond donors (Lipinski definition) is 4. The highest BCUT2D eigenvalue weighted by Crippen LogP contribution is 2.43. The van der Waals surface area contributed by atoms with Crippen molar-refractivity contribution in [2.45, 2.75) is 202 Å². The van der Waals surface area contributed by atoms with E-state index in [-0.39, 0.29) is 26.1 Å². The fourth-order valence-corrected chi connectivity index (χ4v) is 11.1. The quantitative estimate of drug-likeness (QED) is 0.0134. The summed E-state index contributed by atoms with van der Waals surface area (Å²) in [5.74, 6) is -0.350. The number of phosphoric acid groups is 1. The zero-order valence-corrected chi connectivity index (χ0v) is 49.7. The smallest absolute Gasteiger partial charge is 0.472 e. The molecular weight excluding hydrogens is 992 g/mol. The molecule has 0 saturated heterocycles. The van der Waals surface area contributed by atoms with Gasteiger partial charge in [-0.15, -0.1) is 0 Å². The molecule has 1 aliphatic heterocycles. The number of ether oxygens (including phenoxy) is 3. The van der Waals surface area contributed by atoms with Crippen molar-refractivity contribution in [2.24, 2.45) is 9.98 Å². The van der Waals surface area contributed by atoms with Crippen LogP contribution in [0.3, 0.4) is 0 Å². The molecule has 0 amide bonds. The molecule has 4 heterocycles. The Morgan fingerprint density at radius 3 is 1.64 bits per heavy atom. The van der Waals surface area contributed by atoms with Gasteiger partial charge in [0.2, 0.25) is 0 Å². The molecule has 0 saturated carbocycles. The number of aliphatic imine (C=N–C) groups is 2. The molecule has 6 bridgehead atoms.